The lowest BCUT2D eigenvalue weighted by Crippen LogP contribution is -2.41. The predicted molar refractivity (Wildman–Crippen MR) is 136 cm³/mol. The molecule has 2 amide bonds. The molecule has 0 saturated heterocycles. The molecule has 0 aliphatic carbocycles. The molecular weight excluding hydrogens is 482 g/mol. The molecule has 0 bridgehead atoms. The van der Waals surface area contributed by atoms with Crippen LogP contribution in [0.4, 0.5) is 11.8 Å². The number of hydrogen-bond donors (Lipinski definition) is 4. The highest BCUT2D eigenvalue weighted by Gasteiger charge is 2.27. The Bertz CT molecular complexity index is 977. The summed E-state index contributed by atoms with van der Waals surface area (Å²) in [4.78, 5) is 56.0. The fraction of sp³-hybridized carbons (Fsp3) is 0.680. The number of fused-ring (bicyclic) bond motifs is 1. The number of aromatic nitrogens is 2. The third-order valence-electron chi connectivity index (χ3n) is 6.14. The van der Waals surface area contributed by atoms with Crippen molar-refractivity contribution in [3.8, 4) is 5.88 Å². The van der Waals surface area contributed by atoms with E-state index in [4.69, 9.17) is 4.74 Å². The highest BCUT2D eigenvalue weighted by molar-refractivity contribution is 5.93. The van der Waals surface area contributed by atoms with Gasteiger partial charge >= 0.3 is 11.9 Å². The number of carbonyl (C=O) groups is 4. The van der Waals surface area contributed by atoms with Crippen molar-refractivity contribution in [3.05, 3.63) is 5.56 Å². The van der Waals surface area contributed by atoms with E-state index in [0.29, 0.717) is 30.8 Å². The average molecular weight is 522 g/mol. The van der Waals surface area contributed by atoms with E-state index in [9.17, 15) is 24.3 Å². The lowest BCUT2D eigenvalue weighted by atomic mass is 9.91. The fourth-order valence-corrected chi connectivity index (χ4v) is 3.87. The van der Waals surface area contributed by atoms with Crippen LogP contribution in [0.25, 0.3) is 0 Å². The number of unbranched alkanes of at least 4 members (excludes halogenated alkanes) is 2. The number of esters is 2. The number of rotatable bonds is 12. The Morgan fingerprint density at radius 3 is 2.46 bits per heavy atom. The minimum Gasteiger partial charge on any atom is -0.493 e. The van der Waals surface area contributed by atoms with Gasteiger partial charge in [-0.1, -0.05) is 33.6 Å². The molecule has 206 valence electrons. The zero-order valence-electron chi connectivity index (χ0n) is 22.3. The van der Waals surface area contributed by atoms with E-state index in [1.807, 2.05) is 0 Å². The van der Waals surface area contributed by atoms with E-state index in [1.54, 1.807) is 20.8 Å². The van der Waals surface area contributed by atoms with Gasteiger partial charge in [-0.2, -0.15) is 9.97 Å². The summed E-state index contributed by atoms with van der Waals surface area (Å²) in [5, 5.41) is 18.9. The van der Waals surface area contributed by atoms with Crippen LogP contribution in [-0.2, 0) is 35.1 Å². The second-order valence-electron chi connectivity index (χ2n) is 10.2. The Kier molecular flexibility index (Phi) is 11.1. The Morgan fingerprint density at radius 2 is 1.81 bits per heavy atom. The van der Waals surface area contributed by atoms with E-state index in [1.165, 1.54) is 14.2 Å². The Morgan fingerprint density at radius 1 is 1.08 bits per heavy atom. The molecule has 0 saturated carbocycles. The average Bonchev–Trinajstić information content (AvgIpc) is 2.85. The van der Waals surface area contributed by atoms with Crippen LogP contribution in [0.15, 0.2) is 0 Å². The lowest BCUT2D eigenvalue weighted by Gasteiger charge is -2.26. The van der Waals surface area contributed by atoms with Gasteiger partial charge in [-0.05, 0) is 31.6 Å². The quantitative estimate of drug-likeness (QED) is 0.236. The number of nitrogens with one attached hydrogen (secondary N) is 3. The van der Waals surface area contributed by atoms with Crippen LogP contribution in [0.3, 0.4) is 0 Å². The van der Waals surface area contributed by atoms with Crippen molar-refractivity contribution in [1.82, 2.24) is 15.3 Å². The maximum atomic E-state index is 12.3. The van der Waals surface area contributed by atoms with Crippen LogP contribution in [0.5, 0.6) is 5.88 Å². The standard InChI is InChI=1S/C25H39N5O7/c1-25(2,3)23(35)30-24-28-20-16(21(33)29-24)13-15(14-26-20)9-7-6-8-10-18(31)27-17(22(34)37-5)11-12-19(32)36-4/h15,17H,6-14H2,1-5H3,(H,27,31)(H3,26,28,29,30,33,35)/t15?,17-/m0/s1. The maximum Gasteiger partial charge on any atom is 0.328 e. The van der Waals surface area contributed by atoms with Gasteiger partial charge in [0, 0.05) is 24.8 Å². The van der Waals surface area contributed by atoms with Crippen LogP contribution in [0, 0.1) is 11.3 Å². The summed E-state index contributed by atoms with van der Waals surface area (Å²) in [6, 6.07) is -0.887. The molecule has 1 aromatic rings. The summed E-state index contributed by atoms with van der Waals surface area (Å²) in [7, 11) is 2.49. The third-order valence-corrected chi connectivity index (χ3v) is 6.14. The number of anilines is 2. The van der Waals surface area contributed by atoms with E-state index >= 15 is 0 Å². The second kappa shape index (κ2) is 13.8. The number of aromatic hydroxyl groups is 1. The van der Waals surface area contributed by atoms with E-state index < -0.39 is 23.4 Å². The van der Waals surface area contributed by atoms with E-state index in [0.717, 1.165) is 19.3 Å². The minimum atomic E-state index is -0.887. The number of hydrogen-bond acceptors (Lipinski definition) is 10. The second-order valence-corrected chi connectivity index (χ2v) is 10.2. The van der Waals surface area contributed by atoms with Gasteiger partial charge in [0.2, 0.25) is 23.6 Å². The summed E-state index contributed by atoms with van der Waals surface area (Å²) in [6.45, 7) is 6.02. The van der Waals surface area contributed by atoms with E-state index in [2.05, 4.69) is 30.7 Å². The van der Waals surface area contributed by atoms with Crippen molar-refractivity contribution in [3.63, 3.8) is 0 Å². The first-order chi connectivity index (χ1) is 17.4. The van der Waals surface area contributed by atoms with Crippen LogP contribution in [0.1, 0.15) is 71.3 Å². The molecule has 0 spiro atoms. The topological polar surface area (TPSA) is 169 Å². The van der Waals surface area contributed by atoms with Crippen LogP contribution in [-0.4, -0.2) is 65.6 Å². The molecule has 12 heteroatoms. The first-order valence-electron chi connectivity index (χ1n) is 12.5. The van der Waals surface area contributed by atoms with Crippen molar-refractivity contribution in [2.45, 2.75) is 78.2 Å². The fourth-order valence-electron chi connectivity index (χ4n) is 3.87. The van der Waals surface area contributed by atoms with Crippen molar-refractivity contribution >= 4 is 35.5 Å². The highest BCUT2D eigenvalue weighted by Crippen LogP contribution is 2.32. The third kappa shape index (κ3) is 9.51. The van der Waals surface area contributed by atoms with Gasteiger partial charge in [0.25, 0.3) is 0 Å². The van der Waals surface area contributed by atoms with Gasteiger partial charge in [-0.15, -0.1) is 0 Å². The van der Waals surface area contributed by atoms with Crippen molar-refractivity contribution < 1.29 is 33.8 Å². The Balaban J connectivity index is 1.75. The Labute approximate surface area is 217 Å². The van der Waals surface area contributed by atoms with Gasteiger partial charge in [0.15, 0.2) is 0 Å². The number of carbonyl (C=O) groups excluding carboxylic acids is 4. The van der Waals surface area contributed by atoms with E-state index in [-0.39, 0.29) is 48.8 Å². The first-order valence-corrected chi connectivity index (χ1v) is 12.5. The molecule has 0 aromatic carbocycles. The van der Waals surface area contributed by atoms with Crippen molar-refractivity contribution in [1.29, 1.82) is 0 Å². The molecule has 4 N–H and O–H groups in total. The molecule has 1 aliphatic rings. The van der Waals surface area contributed by atoms with Crippen molar-refractivity contribution in [2.24, 2.45) is 11.3 Å². The molecule has 2 atom stereocenters. The van der Waals surface area contributed by atoms with Crippen molar-refractivity contribution in [2.75, 3.05) is 31.4 Å². The van der Waals surface area contributed by atoms with Gasteiger partial charge in [-0.25, -0.2) is 4.79 Å². The smallest absolute Gasteiger partial charge is 0.328 e. The van der Waals surface area contributed by atoms with Crippen LogP contribution in [0.2, 0.25) is 0 Å². The number of methoxy groups -OCH3 is 2. The normalized spacial score (nSPS) is 15.5. The molecule has 0 fully saturated rings. The molecule has 1 aliphatic heterocycles. The predicted octanol–water partition coefficient (Wildman–Crippen LogP) is 2.31. The minimum absolute atomic E-state index is 0.00254. The summed E-state index contributed by atoms with van der Waals surface area (Å²) in [5.41, 5.74) is 0.0203. The Hall–Kier alpha value is -3.44. The summed E-state index contributed by atoms with van der Waals surface area (Å²) >= 11 is 0. The lowest BCUT2D eigenvalue weighted by molar-refractivity contribution is -0.146. The molecule has 37 heavy (non-hydrogen) atoms. The monoisotopic (exact) mass is 521 g/mol. The van der Waals surface area contributed by atoms with Crippen LogP contribution >= 0.6 is 0 Å². The first kappa shape index (κ1) is 29.8. The number of nitrogens with zero attached hydrogens (tertiary/aromatic N) is 2. The summed E-state index contributed by atoms with van der Waals surface area (Å²) < 4.78 is 9.28. The highest BCUT2D eigenvalue weighted by atomic mass is 16.5. The van der Waals surface area contributed by atoms with Gasteiger partial charge in [0.05, 0.1) is 19.8 Å². The maximum absolute atomic E-state index is 12.3. The molecule has 1 aromatic heterocycles. The SMILES string of the molecule is COC(=O)CC[C@H](NC(=O)CCCCCC1CNc2nc(NC(=O)C(C)(C)C)nc(O)c2C1)C(=O)OC. The van der Waals surface area contributed by atoms with Crippen LogP contribution < -0.4 is 16.0 Å². The van der Waals surface area contributed by atoms with Gasteiger partial charge < -0.3 is 25.2 Å². The molecule has 2 heterocycles. The largest absolute Gasteiger partial charge is 0.493 e. The molecular formula is C25H39N5O7. The summed E-state index contributed by atoms with van der Waals surface area (Å²) in [6.07, 6.45) is 4.24. The number of amides is 2. The molecule has 1 unspecified atom stereocenters. The zero-order chi connectivity index (χ0) is 27.6. The summed E-state index contributed by atoms with van der Waals surface area (Å²) in [5.74, 6) is -0.851. The molecule has 2 rings (SSSR count). The molecule has 0 radical (unpaired) electrons. The van der Waals surface area contributed by atoms with Gasteiger partial charge in [0.1, 0.15) is 11.9 Å². The van der Waals surface area contributed by atoms with Gasteiger partial charge in [-0.3, -0.25) is 19.7 Å². The number of ether oxygens (including phenoxy) is 2. The zero-order valence-corrected chi connectivity index (χ0v) is 22.3. The molecule has 12 nitrogen and oxygen atoms in total.